The number of carbonyl (C=O) groups is 1. The predicted molar refractivity (Wildman–Crippen MR) is 127 cm³/mol. The van der Waals surface area contributed by atoms with Gasteiger partial charge in [0.25, 0.3) is 5.91 Å². The Morgan fingerprint density at radius 2 is 1.79 bits per heavy atom. The standard InChI is InChI=1S/C27H30N4O2/c1-20-12-21(2)14-23(13-20)16-30-18-25(24-4-3-7-29-15-24)27(19-30)26(32)31(10-11-33-27)17-22-5-8-28-9-6-22/h3-9,12-15,25H,10-11,16-19H2,1-2H3/t25-,27-/m1/s1. The fraction of sp³-hybridized carbons (Fsp3) is 0.370. The van der Waals surface area contributed by atoms with Crippen LogP contribution in [0.5, 0.6) is 0 Å². The van der Waals surface area contributed by atoms with Gasteiger partial charge in [0.05, 0.1) is 6.61 Å². The molecule has 5 rings (SSSR count). The van der Waals surface area contributed by atoms with Crippen molar-refractivity contribution < 1.29 is 9.53 Å². The number of aromatic nitrogens is 2. The Morgan fingerprint density at radius 3 is 2.52 bits per heavy atom. The first-order valence-corrected chi connectivity index (χ1v) is 11.6. The third kappa shape index (κ3) is 4.41. The monoisotopic (exact) mass is 442 g/mol. The highest BCUT2D eigenvalue weighted by Crippen LogP contribution is 2.42. The zero-order chi connectivity index (χ0) is 22.8. The molecule has 0 N–H and O–H groups in total. The summed E-state index contributed by atoms with van der Waals surface area (Å²) in [5, 5.41) is 0. The van der Waals surface area contributed by atoms with E-state index in [1.807, 2.05) is 29.3 Å². The van der Waals surface area contributed by atoms with Crippen LogP contribution in [0.15, 0.2) is 67.3 Å². The van der Waals surface area contributed by atoms with Crippen LogP contribution in [0, 0.1) is 13.8 Å². The summed E-state index contributed by atoms with van der Waals surface area (Å²) >= 11 is 0. The van der Waals surface area contributed by atoms with Crippen molar-refractivity contribution in [3.8, 4) is 0 Å². The summed E-state index contributed by atoms with van der Waals surface area (Å²) in [6.07, 6.45) is 7.20. The van der Waals surface area contributed by atoms with E-state index in [0.717, 1.165) is 24.2 Å². The number of morpholine rings is 1. The Balaban J connectivity index is 1.45. The minimum Gasteiger partial charge on any atom is -0.361 e. The summed E-state index contributed by atoms with van der Waals surface area (Å²) in [7, 11) is 0. The molecule has 33 heavy (non-hydrogen) atoms. The normalized spacial score (nSPS) is 23.4. The molecule has 1 amide bonds. The van der Waals surface area contributed by atoms with Gasteiger partial charge in [-0.1, -0.05) is 35.4 Å². The van der Waals surface area contributed by atoms with Crippen LogP contribution in [-0.2, 0) is 22.6 Å². The van der Waals surface area contributed by atoms with E-state index in [1.165, 1.54) is 16.7 Å². The number of amides is 1. The average Bonchev–Trinajstić information content (AvgIpc) is 3.16. The molecule has 2 aromatic heterocycles. The Kier molecular flexibility index (Phi) is 5.96. The molecule has 2 atom stereocenters. The number of aryl methyl sites for hydroxylation is 2. The van der Waals surface area contributed by atoms with Crippen molar-refractivity contribution in [3.63, 3.8) is 0 Å². The zero-order valence-corrected chi connectivity index (χ0v) is 19.3. The molecule has 0 saturated carbocycles. The highest BCUT2D eigenvalue weighted by Gasteiger charge is 2.56. The molecule has 0 aliphatic carbocycles. The minimum atomic E-state index is -0.896. The van der Waals surface area contributed by atoms with Gasteiger partial charge in [-0.15, -0.1) is 0 Å². The highest BCUT2D eigenvalue weighted by atomic mass is 16.5. The lowest BCUT2D eigenvalue weighted by atomic mass is 9.83. The first kappa shape index (κ1) is 21.7. The van der Waals surface area contributed by atoms with E-state index in [4.69, 9.17) is 4.74 Å². The SMILES string of the molecule is Cc1cc(C)cc(CN2C[C@H](c3cccnc3)[C@@]3(C2)OCCN(Cc2ccncc2)C3=O)c1. The number of ether oxygens (including phenoxy) is 1. The Labute approximate surface area is 195 Å². The van der Waals surface area contributed by atoms with Gasteiger partial charge in [0.15, 0.2) is 5.60 Å². The van der Waals surface area contributed by atoms with Gasteiger partial charge >= 0.3 is 0 Å². The fourth-order valence-corrected chi connectivity index (χ4v) is 5.40. The molecule has 0 bridgehead atoms. The second-order valence-electron chi connectivity index (χ2n) is 9.32. The fourth-order valence-electron chi connectivity index (χ4n) is 5.40. The van der Waals surface area contributed by atoms with Gasteiger partial charge in [-0.05, 0) is 48.7 Å². The first-order chi connectivity index (χ1) is 16.0. The van der Waals surface area contributed by atoms with Crippen molar-refractivity contribution in [2.24, 2.45) is 0 Å². The van der Waals surface area contributed by atoms with Crippen molar-refractivity contribution in [1.82, 2.24) is 19.8 Å². The number of rotatable bonds is 5. The summed E-state index contributed by atoms with van der Waals surface area (Å²) in [5.74, 6) is 0.00665. The van der Waals surface area contributed by atoms with E-state index >= 15 is 0 Å². The number of hydrogen-bond acceptors (Lipinski definition) is 5. The van der Waals surface area contributed by atoms with E-state index in [9.17, 15) is 4.79 Å². The highest BCUT2D eigenvalue weighted by molar-refractivity contribution is 5.88. The van der Waals surface area contributed by atoms with Crippen LogP contribution in [0.25, 0.3) is 0 Å². The maximum absolute atomic E-state index is 14.0. The average molecular weight is 443 g/mol. The molecule has 3 aromatic rings. The summed E-state index contributed by atoms with van der Waals surface area (Å²) in [4.78, 5) is 26.7. The Bertz CT molecular complexity index is 1100. The molecule has 6 heteroatoms. The Hall–Kier alpha value is -3.09. The third-order valence-corrected chi connectivity index (χ3v) is 6.73. The van der Waals surface area contributed by atoms with Crippen molar-refractivity contribution in [2.45, 2.75) is 38.5 Å². The van der Waals surface area contributed by atoms with Crippen LogP contribution >= 0.6 is 0 Å². The maximum atomic E-state index is 14.0. The van der Waals surface area contributed by atoms with Gasteiger partial charge in [-0.3, -0.25) is 19.7 Å². The molecule has 1 spiro atoms. The second kappa shape index (κ2) is 9.04. The number of benzene rings is 1. The number of carbonyl (C=O) groups excluding carboxylic acids is 1. The van der Waals surface area contributed by atoms with Gasteiger partial charge < -0.3 is 9.64 Å². The molecule has 170 valence electrons. The third-order valence-electron chi connectivity index (χ3n) is 6.73. The topological polar surface area (TPSA) is 58.6 Å². The molecule has 1 aromatic carbocycles. The predicted octanol–water partition coefficient (Wildman–Crippen LogP) is 3.49. The second-order valence-corrected chi connectivity index (χ2v) is 9.32. The van der Waals surface area contributed by atoms with E-state index in [1.54, 1.807) is 18.6 Å². The molecule has 4 heterocycles. The molecule has 2 aliphatic heterocycles. The molecular formula is C27H30N4O2. The lowest BCUT2D eigenvalue weighted by Crippen LogP contribution is -2.59. The van der Waals surface area contributed by atoms with Gasteiger partial charge in [0, 0.05) is 63.4 Å². The quantitative estimate of drug-likeness (QED) is 0.605. The van der Waals surface area contributed by atoms with Crippen LogP contribution in [0.2, 0.25) is 0 Å². The smallest absolute Gasteiger partial charge is 0.257 e. The summed E-state index contributed by atoms with van der Waals surface area (Å²) < 4.78 is 6.42. The zero-order valence-electron chi connectivity index (χ0n) is 19.3. The van der Waals surface area contributed by atoms with Crippen molar-refractivity contribution >= 4 is 5.91 Å². The molecule has 6 nitrogen and oxygen atoms in total. The van der Waals surface area contributed by atoms with Crippen LogP contribution in [0.3, 0.4) is 0 Å². The van der Waals surface area contributed by atoms with E-state index in [0.29, 0.717) is 26.2 Å². The first-order valence-electron chi connectivity index (χ1n) is 11.6. The van der Waals surface area contributed by atoms with E-state index in [2.05, 4.69) is 53.0 Å². The number of nitrogens with zero attached hydrogens (tertiary/aromatic N) is 4. The molecule has 0 radical (unpaired) electrons. The lowest BCUT2D eigenvalue weighted by molar-refractivity contribution is -0.173. The van der Waals surface area contributed by atoms with E-state index in [-0.39, 0.29) is 11.8 Å². The molecule has 2 saturated heterocycles. The van der Waals surface area contributed by atoms with Crippen LogP contribution in [0.4, 0.5) is 0 Å². The van der Waals surface area contributed by atoms with Crippen molar-refractivity contribution in [1.29, 1.82) is 0 Å². The number of pyridine rings is 2. The largest absolute Gasteiger partial charge is 0.361 e. The van der Waals surface area contributed by atoms with Crippen LogP contribution in [-0.4, -0.2) is 57.5 Å². The lowest BCUT2D eigenvalue weighted by Gasteiger charge is -2.42. The number of likely N-dealkylation sites (tertiary alicyclic amines) is 1. The van der Waals surface area contributed by atoms with Crippen LogP contribution < -0.4 is 0 Å². The molecule has 0 unspecified atom stereocenters. The summed E-state index contributed by atoms with van der Waals surface area (Å²) in [6.45, 7) is 8.09. The van der Waals surface area contributed by atoms with Gasteiger partial charge in [0.2, 0.25) is 0 Å². The van der Waals surface area contributed by atoms with Gasteiger partial charge in [0.1, 0.15) is 0 Å². The van der Waals surface area contributed by atoms with E-state index < -0.39 is 5.60 Å². The number of hydrogen-bond donors (Lipinski definition) is 0. The minimum absolute atomic E-state index is 0.0650. The van der Waals surface area contributed by atoms with Gasteiger partial charge in [-0.2, -0.15) is 0 Å². The Morgan fingerprint density at radius 1 is 1.00 bits per heavy atom. The summed E-state index contributed by atoms with van der Waals surface area (Å²) in [5.41, 5.74) is 5.03. The molecular weight excluding hydrogens is 412 g/mol. The van der Waals surface area contributed by atoms with Crippen LogP contribution in [0.1, 0.15) is 33.7 Å². The molecule has 2 aliphatic rings. The van der Waals surface area contributed by atoms with Gasteiger partial charge in [-0.25, -0.2) is 0 Å². The maximum Gasteiger partial charge on any atom is 0.257 e. The van der Waals surface area contributed by atoms with Crippen molar-refractivity contribution in [2.75, 3.05) is 26.2 Å². The molecule has 2 fully saturated rings. The van der Waals surface area contributed by atoms with Crippen molar-refractivity contribution in [3.05, 3.63) is 95.1 Å². The summed E-state index contributed by atoms with van der Waals surface area (Å²) in [6, 6.07) is 14.6.